The van der Waals surface area contributed by atoms with Crippen LogP contribution in [0.5, 0.6) is 0 Å². The zero-order chi connectivity index (χ0) is 17.5. The highest BCUT2D eigenvalue weighted by molar-refractivity contribution is 14.1. The molecule has 0 radical (unpaired) electrons. The van der Waals surface area contributed by atoms with Gasteiger partial charge in [0.05, 0.1) is 0 Å². The summed E-state index contributed by atoms with van der Waals surface area (Å²) in [6.45, 7) is 3.95. The minimum absolute atomic E-state index is 0.128. The Bertz CT molecular complexity index is 684. The van der Waals surface area contributed by atoms with E-state index in [1.807, 2.05) is 68.4 Å². The van der Waals surface area contributed by atoms with Gasteiger partial charge in [0.25, 0.3) is 5.91 Å². The van der Waals surface area contributed by atoms with Gasteiger partial charge in [0.2, 0.25) is 5.91 Å². The number of halogens is 1. The molecule has 2 amide bonds. The summed E-state index contributed by atoms with van der Waals surface area (Å²) in [6, 6.07) is 16.1. The molecule has 2 N–H and O–H groups in total. The van der Waals surface area contributed by atoms with Gasteiger partial charge in [-0.15, -0.1) is 0 Å². The lowest BCUT2D eigenvalue weighted by atomic mass is 10.0. The van der Waals surface area contributed by atoms with Crippen molar-refractivity contribution in [1.82, 2.24) is 5.32 Å². The molecule has 2 aromatic rings. The zero-order valence-corrected chi connectivity index (χ0v) is 15.9. The Morgan fingerprint density at radius 2 is 1.62 bits per heavy atom. The van der Waals surface area contributed by atoms with E-state index in [-0.39, 0.29) is 17.7 Å². The van der Waals surface area contributed by atoms with Crippen molar-refractivity contribution in [3.05, 3.63) is 63.7 Å². The Labute approximate surface area is 156 Å². The van der Waals surface area contributed by atoms with E-state index in [1.54, 1.807) is 0 Å². The number of anilines is 1. The molecule has 126 valence electrons. The summed E-state index contributed by atoms with van der Waals surface area (Å²) in [4.78, 5) is 24.8. The number of hydrogen-bond donors (Lipinski definition) is 2. The average molecular weight is 436 g/mol. The van der Waals surface area contributed by atoms with Gasteiger partial charge >= 0.3 is 0 Å². The molecule has 0 aliphatic rings. The topological polar surface area (TPSA) is 58.2 Å². The van der Waals surface area contributed by atoms with Crippen molar-refractivity contribution in [1.29, 1.82) is 0 Å². The van der Waals surface area contributed by atoms with Crippen molar-refractivity contribution in [2.45, 2.75) is 26.3 Å². The Hall–Kier alpha value is -1.89. The van der Waals surface area contributed by atoms with Gasteiger partial charge < -0.3 is 10.6 Å². The molecule has 24 heavy (non-hydrogen) atoms. The van der Waals surface area contributed by atoms with Gasteiger partial charge in [0, 0.05) is 15.7 Å². The van der Waals surface area contributed by atoms with E-state index in [9.17, 15) is 9.59 Å². The van der Waals surface area contributed by atoms with Gasteiger partial charge in [-0.05, 0) is 58.3 Å². The summed E-state index contributed by atoms with van der Waals surface area (Å²) in [5, 5.41) is 5.71. The van der Waals surface area contributed by atoms with E-state index in [0.29, 0.717) is 12.1 Å². The van der Waals surface area contributed by atoms with Gasteiger partial charge in [-0.3, -0.25) is 9.59 Å². The van der Waals surface area contributed by atoms with Gasteiger partial charge in [-0.25, -0.2) is 0 Å². The lowest BCUT2D eigenvalue weighted by molar-refractivity contribution is -0.127. The van der Waals surface area contributed by atoms with Crippen molar-refractivity contribution >= 4 is 40.1 Å². The quantitative estimate of drug-likeness (QED) is 0.670. The number of carbonyl (C=O) groups is 2. The summed E-state index contributed by atoms with van der Waals surface area (Å²) in [6.07, 6.45) is 0.389. The highest BCUT2D eigenvalue weighted by Gasteiger charge is 2.23. The molecule has 0 aromatic heterocycles. The standard InChI is InChI=1S/C19H21IN2O2/c1-13(2)12-17(23)22-18(14-6-4-3-5-7-14)19(24)21-16-10-8-15(20)9-11-16/h3-11,13,18H,12H2,1-2H3,(H,21,24)(H,22,23). The molecule has 5 heteroatoms. The lowest BCUT2D eigenvalue weighted by Crippen LogP contribution is -2.37. The highest BCUT2D eigenvalue weighted by atomic mass is 127. The van der Waals surface area contributed by atoms with Crippen LogP contribution >= 0.6 is 22.6 Å². The van der Waals surface area contributed by atoms with Crippen LogP contribution in [0.25, 0.3) is 0 Å². The molecule has 0 saturated carbocycles. The third-order valence-corrected chi connectivity index (χ3v) is 4.12. The van der Waals surface area contributed by atoms with Crippen molar-refractivity contribution in [2.75, 3.05) is 5.32 Å². The molecule has 0 saturated heterocycles. The SMILES string of the molecule is CC(C)CC(=O)NC(C(=O)Nc1ccc(I)cc1)c1ccccc1. The Kier molecular flexibility index (Phi) is 6.78. The average Bonchev–Trinajstić information content (AvgIpc) is 2.55. The minimum atomic E-state index is -0.711. The summed E-state index contributed by atoms with van der Waals surface area (Å²) < 4.78 is 1.09. The first kappa shape index (κ1) is 18.4. The largest absolute Gasteiger partial charge is 0.341 e. The smallest absolute Gasteiger partial charge is 0.251 e. The maximum absolute atomic E-state index is 12.7. The molecule has 0 aliphatic carbocycles. The second-order valence-corrected chi connectivity index (χ2v) is 7.25. The molecule has 0 bridgehead atoms. The van der Waals surface area contributed by atoms with E-state index < -0.39 is 6.04 Å². The molecule has 4 nitrogen and oxygen atoms in total. The first-order chi connectivity index (χ1) is 11.5. The zero-order valence-electron chi connectivity index (χ0n) is 13.8. The number of nitrogens with one attached hydrogen (secondary N) is 2. The van der Waals surface area contributed by atoms with Gasteiger partial charge in [-0.2, -0.15) is 0 Å². The predicted molar refractivity (Wildman–Crippen MR) is 105 cm³/mol. The lowest BCUT2D eigenvalue weighted by Gasteiger charge is -2.19. The Balaban J connectivity index is 2.16. The van der Waals surface area contributed by atoms with E-state index in [1.165, 1.54) is 0 Å². The first-order valence-corrected chi connectivity index (χ1v) is 8.94. The second kappa shape index (κ2) is 8.82. The Morgan fingerprint density at radius 3 is 2.21 bits per heavy atom. The van der Waals surface area contributed by atoms with Crippen molar-refractivity contribution in [3.63, 3.8) is 0 Å². The van der Waals surface area contributed by atoms with Crippen LogP contribution in [0.2, 0.25) is 0 Å². The molecule has 0 heterocycles. The summed E-state index contributed by atoms with van der Waals surface area (Å²) >= 11 is 2.21. The van der Waals surface area contributed by atoms with Gasteiger partial charge in [-0.1, -0.05) is 44.2 Å². The van der Waals surface area contributed by atoms with Crippen LogP contribution in [-0.4, -0.2) is 11.8 Å². The number of rotatable bonds is 6. The minimum Gasteiger partial charge on any atom is -0.341 e. The van der Waals surface area contributed by atoms with E-state index >= 15 is 0 Å². The molecule has 1 atom stereocenters. The van der Waals surface area contributed by atoms with Gasteiger partial charge in [0.1, 0.15) is 6.04 Å². The van der Waals surface area contributed by atoms with Crippen molar-refractivity contribution in [3.8, 4) is 0 Å². The molecule has 1 unspecified atom stereocenters. The van der Waals surface area contributed by atoms with Gasteiger partial charge in [0.15, 0.2) is 0 Å². The fraction of sp³-hybridized carbons (Fsp3) is 0.263. The second-order valence-electron chi connectivity index (χ2n) is 6.01. The molecule has 0 fully saturated rings. The molecule has 0 spiro atoms. The highest BCUT2D eigenvalue weighted by Crippen LogP contribution is 2.18. The third-order valence-electron chi connectivity index (χ3n) is 3.41. The summed E-state index contributed by atoms with van der Waals surface area (Å²) in [5.74, 6) is -0.142. The predicted octanol–water partition coefficient (Wildman–Crippen LogP) is 4.13. The van der Waals surface area contributed by atoms with Crippen molar-refractivity contribution in [2.24, 2.45) is 5.92 Å². The fourth-order valence-electron chi connectivity index (χ4n) is 2.28. The van der Waals surface area contributed by atoms with Crippen LogP contribution in [0.1, 0.15) is 31.9 Å². The van der Waals surface area contributed by atoms with E-state index in [0.717, 1.165) is 9.13 Å². The van der Waals surface area contributed by atoms with E-state index in [4.69, 9.17) is 0 Å². The van der Waals surface area contributed by atoms with Crippen LogP contribution in [0.4, 0.5) is 5.69 Å². The van der Waals surface area contributed by atoms with Crippen LogP contribution in [0, 0.1) is 9.49 Å². The summed E-state index contributed by atoms with van der Waals surface area (Å²) in [5.41, 5.74) is 1.47. The van der Waals surface area contributed by atoms with E-state index in [2.05, 4.69) is 33.2 Å². The molecule has 0 aliphatic heterocycles. The molecule has 2 aromatic carbocycles. The molecular formula is C19H21IN2O2. The first-order valence-electron chi connectivity index (χ1n) is 7.86. The monoisotopic (exact) mass is 436 g/mol. The third kappa shape index (κ3) is 5.63. The van der Waals surface area contributed by atoms with Crippen LogP contribution in [0.3, 0.4) is 0 Å². The van der Waals surface area contributed by atoms with Crippen LogP contribution in [0.15, 0.2) is 54.6 Å². The number of benzene rings is 2. The molecule has 2 rings (SSSR count). The Morgan fingerprint density at radius 1 is 1.00 bits per heavy atom. The number of amides is 2. The maximum Gasteiger partial charge on any atom is 0.251 e. The fourth-order valence-corrected chi connectivity index (χ4v) is 2.64. The normalized spacial score (nSPS) is 11.8. The molecular weight excluding hydrogens is 415 g/mol. The number of carbonyl (C=O) groups excluding carboxylic acids is 2. The van der Waals surface area contributed by atoms with Crippen LogP contribution in [-0.2, 0) is 9.59 Å². The van der Waals surface area contributed by atoms with Crippen LogP contribution < -0.4 is 10.6 Å². The maximum atomic E-state index is 12.7. The van der Waals surface area contributed by atoms with Crippen molar-refractivity contribution < 1.29 is 9.59 Å². The summed E-state index contributed by atoms with van der Waals surface area (Å²) in [7, 11) is 0. The number of hydrogen-bond acceptors (Lipinski definition) is 2.